The lowest BCUT2D eigenvalue weighted by molar-refractivity contribution is -0.386. The van der Waals surface area contributed by atoms with Crippen molar-refractivity contribution in [3.8, 4) is 0 Å². The minimum atomic E-state index is -5.56. The van der Waals surface area contributed by atoms with Crippen LogP contribution in [0.2, 0.25) is 0 Å². The molecule has 0 aromatic heterocycles. The van der Waals surface area contributed by atoms with E-state index in [-0.39, 0.29) is 5.41 Å². The molecule has 0 spiro atoms. The first-order valence-electron chi connectivity index (χ1n) is 10.4. The van der Waals surface area contributed by atoms with E-state index in [4.69, 9.17) is 9.47 Å². The summed E-state index contributed by atoms with van der Waals surface area (Å²) in [4.78, 5) is -0.433. The summed E-state index contributed by atoms with van der Waals surface area (Å²) < 4.78 is 124. The molecule has 1 heterocycles. The second-order valence-electron chi connectivity index (χ2n) is 8.07. The molecule has 11 heteroatoms. The molecule has 4 rings (SSSR count). The van der Waals surface area contributed by atoms with Gasteiger partial charge in [-0.1, -0.05) is 78.4 Å². The van der Waals surface area contributed by atoms with Gasteiger partial charge in [-0.2, -0.15) is 26.3 Å². The smallest absolute Gasteiger partial charge is 0.450 e. The number of sulfone groups is 1. The van der Waals surface area contributed by atoms with Crippen LogP contribution >= 0.6 is 0 Å². The van der Waals surface area contributed by atoms with Gasteiger partial charge in [0, 0.05) is 11.1 Å². The minimum absolute atomic E-state index is 0.0502. The number of ether oxygens (including phenoxy) is 2. The van der Waals surface area contributed by atoms with E-state index >= 15 is 0 Å². The number of rotatable bonds is 4. The molecule has 0 radical (unpaired) electrons. The van der Waals surface area contributed by atoms with Crippen molar-refractivity contribution in [2.75, 3.05) is 0 Å². The number of hydrogen-bond donors (Lipinski definition) is 0. The number of halogens is 6. The maximum absolute atomic E-state index is 14.8. The summed E-state index contributed by atoms with van der Waals surface area (Å²) in [6, 6.07) is 16.0. The van der Waals surface area contributed by atoms with Gasteiger partial charge in [0.2, 0.25) is 9.84 Å². The average Bonchev–Trinajstić information content (AvgIpc) is 3.17. The lowest BCUT2D eigenvalue weighted by atomic mass is 9.91. The van der Waals surface area contributed by atoms with Crippen LogP contribution in [0.1, 0.15) is 16.7 Å². The molecule has 1 fully saturated rings. The number of aryl methyl sites for hydroxylation is 1. The van der Waals surface area contributed by atoms with Crippen LogP contribution in [-0.2, 0) is 30.7 Å². The van der Waals surface area contributed by atoms with E-state index in [2.05, 4.69) is 0 Å². The molecule has 1 aliphatic heterocycles. The fourth-order valence-corrected chi connectivity index (χ4v) is 4.99. The van der Waals surface area contributed by atoms with Gasteiger partial charge in [-0.05, 0) is 19.1 Å². The van der Waals surface area contributed by atoms with E-state index in [0.29, 0.717) is 5.56 Å². The summed E-state index contributed by atoms with van der Waals surface area (Å²) >= 11 is 0. The first kappa shape index (κ1) is 25.8. The van der Waals surface area contributed by atoms with E-state index in [0.717, 1.165) is 60.7 Å². The standard InChI is InChI=1S/C25H18F6O4S/c1-17-12-14-20(15-13-17)36(32,33)16-21-22(24(26,27)28,18-8-4-2-5-9-18)35-23(34-21,25(29,30)31)19-10-6-3-7-11-19/h2-16H,1H3/b21-16-/t22-,23-/m1/s1. The van der Waals surface area contributed by atoms with Crippen molar-refractivity contribution in [2.45, 2.75) is 35.6 Å². The lowest BCUT2D eigenvalue weighted by Crippen LogP contribution is -2.49. The highest BCUT2D eigenvalue weighted by Crippen LogP contribution is 2.62. The average molecular weight is 528 g/mol. The summed E-state index contributed by atoms with van der Waals surface area (Å²) in [5.41, 5.74) is -4.81. The number of alkyl halides is 6. The van der Waals surface area contributed by atoms with Crippen molar-refractivity contribution in [3.05, 3.63) is 113 Å². The molecule has 1 aliphatic rings. The highest BCUT2D eigenvalue weighted by Gasteiger charge is 2.77. The van der Waals surface area contributed by atoms with Crippen molar-refractivity contribution < 1.29 is 44.2 Å². The van der Waals surface area contributed by atoms with Crippen LogP contribution in [0.4, 0.5) is 26.3 Å². The van der Waals surface area contributed by atoms with Crippen molar-refractivity contribution >= 4 is 9.84 Å². The maximum Gasteiger partial charge on any atom is 0.460 e. The predicted octanol–water partition coefficient (Wildman–Crippen LogP) is 6.53. The first-order valence-corrected chi connectivity index (χ1v) is 12.0. The van der Waals surface area contributed by atoms with Gasteiger partial charge < -0.3 is 9.47 Å². The molecule has 1 saturated heterocycles. The van der Waals surface area contributed by atoms with E-state index in [1.54, 1.807) is 6.92 Å². The minimum Gasteiger partial charge on any atom is -0.450 e. The second kappa shape index (κ2) is 8.67. The lowest BCUT2D eigenvalue weighted by Gasteiger charge is -2.34. The van der Waals surface area contributed by atoms with Crippen LogP contribution in [0.5, 0.6) is 0 Å². The van der Waals surface area contributed by atoms with Crippen LogP contribution in [0.15, 0.2) is 101 Å². The Morgan fingerprint density at radius 2 is 1.22 bits per heavy atom. The molecule has 0 N–H and O–H groups in total. The zero-order chi connectivity index (χ0) is 26.4. The van der Waals surface area contributed by atoms with Gasteiger partial charge in [0.25, 0.3) is 5.60 Å². The third-order valence-electron chi connectivity index (χ3n) is 5.62. The largest absolute Gasteiger partial charge is 0.460 e. The molecule has 0 unspecified atom stereocenters. The fraction of sp³-hybridized carbons (Fsp3) is 0.200. The van der Waals surface area contributed by atoms with Gasteiger partial charge in [0.15, 0.2) is 5.76 Å². The molecule has 3 aromatic rings. The van der Waals surface area contributed by atoms with Gasteiger partial charge in [-0.15, -0.1) is 0 Å². The summed E-state index contributed by atoms with van der Waals surface area (Å²) in [5, 5.41) is 0.0502. The topological polar surface area (TPSA) is 52.6 Å². The quantitative estimate of drug-likeness (QED) is 0.362. The van der Waals surface area contributed by atoms with Crippen molar-refractivity contribution in [2.24, 2.45) is 0 Å². The Labute approximate surface area is 202 Å². The first-order chi connectivity index (χ1) is 16.7. The molecule has 0 aliphatic carbocycles. The van der Waals surface area contributed by atoms with Gasteiger partial charge in [0.1, 0.15) is 0 Å². The van der Waals surface area contributed by atoms with Crippen molar-refractivity contribution in [1.82, 2.24) is 0 Å². The molecule has 3 aromatic carbocycles. The Hall–Kier alpha value is -3.31. The molecular formula is C25H18F6O4S. The molecule has 0 amide bonds. The molecule has 190 valence electrons. The number of hydrogen-bond acceptors (Lipinski definition) is 4. The van der Waals surface area contributed by atoms with Gasteiger partial charge in [-0.25, -0.2) is 8.42 Å². The monoisotopic (exact) mass is 528 g/mol. The van der Waals surface area contributed by atoms with E-state index in [1.807, 2.05) is 0 Å². The molecule has 0 saturated carbocycles. The Balaban J connectivity index is 2.06. The Morgan fingerprint density at radius 3 is 1.69 bits per heavy atom. The van der Waals surface area contributed by atoms with E-state index in [9.17, 15) is 34.8 Å². The Kier molecular flexibility index (Phi) is 6.20. The molecule has 4 nitrogen and oxygen atoms in total. The molecule has 0 bridgehead atoms. The summed E-state index contributed by atoms with van der Waals surface area (Å²) in [6.45, 7) is 1.66. The predicted molar refractivity (Wildman–Crippen MR) is 117 cm³/mol. The van der Waals surface area contributed by atoms with Gasteiger partial charge in [-0.3, -0.25) is 0 Å². The van der Waals surface area contributed by atoms with E-state index in [1.165, 1.54) is 24.3 Å². The van der Waals surface area contributed by atoms with Crippen LogP contribution < -0.4 is 0 Å². The second-order valence-corrected chi connectivity index (χ2v) is 9.87. The fourth-order valence-electron chi connectivity index (χ4n) is 3.85. The van der Waals surface area contributed by atoms with Crippen LogP contribution in [0.3, 0.4) is 0 Å². The SMILES string of the molecule is Cc1ccc(S(=O)(=O)/C=C2\O[C@@](c3ccccc3)(C(F)(F)F)O[C@@]2(c2ccccc2)C(F)(F)F)cc1. The van der Waals surface area contributed by atoms with Gasteiger partial charge >= 0.3 is 18.1 Å². The Bertz CT molecular complexity index is 1370. The zero-order valence-corrected chi connectivity index (χ0v) is 19.3. The summed E-state index contributed by atoms with van der Waals surface area (Å²) in [6.07, 6.45) is -11.1. The Morgan fingerprint density at radius 1 is 0.722 bits per heavy atom. The number of benzene rings is 3. The zero-order valence-electron chi connectivity index (χ0n) is 18.5. The molecular weight excluding hydrogens is 510 g/mol. The van der Waals surface area contributed by atoms with Crippen LogP contribution in [-0.4, -0.2) is 20.8 Å². The van der Waals surface area contributed by atoms with Crippen molar-refractivity contribution in [1.29, 1.82) is 0 Å². The molecule has 2 atom stereocenters. The highest BCUT2D eigenvalue weighted by molar-refractivity contribution is 7.94. The van der Waals surface area contributed by atoms with E-state index < -0.39 is 55.4 Å². The maximum atomic E-state index is 14.8. The normalized spacial score (nSPS) is 24.0. The van der Waals surface area contributed by atoms with Crippen LogP contribution in [0, 0.1) is 6.92 Å². The third kappa shape index (κ3) is 4.16. The van der Waals surface area contributed by atoms with Crippen molar-refractivity contribution in [3.63, 3.8) is 0 Å². The van der Waals surface area contributed by atoms with Crippen LogP contribution in [0.25, 0.3) is 0 Å². The van der Waals surface area contributed by atoms with Gasteiger partial charge in [0.05, 0.1) is 10.3 Å². The summed E-state index contributed by atoms with van der Waals surface area (Å²) in [7, 11) is -4.71. The highest BCUT2D eigenvalue weighted by atomic mass is 32.2. The third-order valence-corrected chi connectivity index (χ3v) is 7.07. The summed E-state index contributed by atoms with van der Waals surface area (Å²) in [5.74, 6) is -5.52. The molecule has 36 heavy (non-hydrogen) atoms.